The van der Waals surface area contributed by atoms with Crippen LogP contribution in [-0.2, 0) is 9.53 Å². The minimum Gasteiger partial charge on any atom is -0.387 e. The number of rotatable bonds is 6. The van der Waals surface area contributed by atoms with E-state index in [-0.39, 0.29) is 24.4 Å². The van der Waals surface area contributed by atoms with Crippen molar-refractivity contribution in [2.45, 2.75) is 37.8 Å². The number of morpholine rings is 1. The average Bonchev–Trinajstić information content (AvgIpc) is 3.26. The summed E-state index contributed by atoms with van der Waals surface area (Å²) in [5, 5.41) is 15.7. The van der Waals surface area contributed by atoms with Crippen molar-refractivity contribution in [3.63, 3.8) is 0 Å². The second kappa shape index (κ2) is 9.73. The summed E-state index contributed by atoms with van der Waals surface area (Å²) in [6.45, 7) is 3.88. The highest BCUT2D eigenvalue weighted by Crippen LogP contribution is 2.26. The highest BCUT2D eigenvalue weighted by Gasteiger charge is 2.30. The van der Waals surface area contributed by atoms with Crippen LogP contribution in [0.3, 0.4) is 0 Å². The Hall–Kier alpha value is -0.660. The number of halogens is 1. The molecule has 3 atom stereocenters. The van der Waals surface area contributed by atoms with Gasteiger partial charge in [0.15, 0.2) is 0 Å². The minimum atomic E-state index is -0.518. The van der Waals surface area contributed by atoms with Crippen molar-refractivity contribution >= 4 is 29.7 Å². The highest BCUT2D eigenvalue weighted by molar-refractivity contribution is 7.10. The Balaban J connectivity index is 0.00000208. The molecule has 0 bridgehead atoms. The molecule has 1 amide bonds. The largest absolute Gasteiger partial charge is 0.387 e. The fourth-order valence-electron chi connectivity index (χ4n) is 3.47. The predicted octanol–water partition coefficient (Wildman–Crippen LogP) is 2.21. The number of amides is 1. The van der Waals surface area contributed by atoms with E-state index in [1.807, 2.05) is 22.4 Å². The van der Waals surface area contributed by atoms with Crippen LogP contribution in [0.4, 0.5) is 0 Å². The van der Waals surface area contributed by atoms with Crippen molar-refractivity contribution in [2.75, 3.05) is 32.8 Å². The van der Waals surface area contributed by atoms with Crippen LogP contribution in [0, 0.1) is 5.92 Å². The Morgan fingerprint density at radius 3 is 3.12 bits per heavy atom. The van der Waals surface area contributed by atoms with Gasteiger partial charge in [-0.1, -0.05) is 6.07 Å². The summed E-state index contributed by atoms with van der Waals surface area (Å²) in [6, 6.07) is 3.87. The van der Waals surface area contributed by atoms with Gasteiger partial charge < -0.3 is 20.1 Å². The number of aliphatic hydroxyl groups excluding tert-OH is 1. The van der Waals surface area contributed by atoms with Gasteiger partial charge in [0, 0.05) is 24.3 Å². The van der Waals surface area contributed by atoms with Crippen LogP contribution in [0.25, 0.3) is 0 Å². The monoisotopic (exact) mass is 374 g/mol. The summed E-state index contributed by atoms with van der Waals surface area (Å²) >= 11 is 1.56. The lowest BCUT2D eigenvalue weighted by Gasteiger charge is -2.36. The zero-order valence-electron chi connectivity index (χ0n) is 13.9. The molecule has 0 radical (unpaired) electrons. The summed E-state index contributed by atoms with van der Waals surface area (Å²) in [5.41, 5.74) is 0. The molecule has 3 heterocycles. The third-order valence-corrected chi connectivity index (χ3v) is 5.82. The first-order chi connectivity index (χ1) is 11.2. The summed E-state index contributed by atoms with van der Waals surface area (Å²) in [6.07, 6.45) is 2.78. The topological polar surface area (TPSA) is 61.8 Å². The van der Waals surface area contributed by atoms with E-state index < -0.39 is 6.10 Å². The number of carbonyl (C=O) groups excluding carboxylic acids is 1. The third kappa shape index (κ3) is 5.17. The number of thiophene rings is 1. The molecule has 7 heteroatoms. The fourth-order valence-corrected chi connectivity index (χ4v) is 4.19. The number of nitrogens with zero attached hydrogens (tertiary/aromatic N) is 1. The van der Waals surface area contributed by atoms with E-state index in [2.05, 4.69) is 5.32 Å². The fraction of sp³-hybridized carbons (Fsp3) is 0.706. The van der Waals surface area contributed by atoms with Crippen molar-refractivity contribution in [3.8, 4) is 0 Å². The third-order valence-electron chi connectivity index (χ3n) is 4.84. The van der Waals surface area contributed by atoms with E-state index in [1.165, 1.54) is 6.42 Å². The van der Waals surface area contributed by atoms with Crippen LogP contribution in [-0.4, -0.2) is 54.8 Å². The molecule has 3 unspecified atom stereocenters. The van der Waals surface area contributed by atoms with Gasteiger partial charge in [-0.2, -0.15) is 0 Å². The molecular weight excluding hydrogens is 348 g/mol. The van der Waals surface area contributed by atoms with Gasteiger partial charge in [0.1, 0.15) is 0 Å². The maximum Gasteiger partial charge on any atom is 0.222 e. The van der Waals surface area contributed by atoms with Crippen LogP contribution in [0.2, 0.25) is 0 Å². The SMILES string of the molecule is Cl.O=C(CCC1CCNC1)N1CCOCC1CC(O)c1cccs1. The molecule has 3 rings (SSSR count). The number of carbonyl (C=O) groups is 1. The summed E-state index contributed by atoms with van der Waals surface area (Å²) in [7, 11) is 0. The minimum absolute atomic E-state index is 0. The van der Waals surface area contributed by atoms with Gasteiger partial charge in [0.05, 0.1) is 25.4 Å². The molecule has 2 N–H and O–H groups in total. The van der Waals surface area contributed by atoms with Crippen LogP contribution < -0.4 is 5.32 Å². The normalized spacial score (nSPS) is 25.3. The molecule has 5 nitrogen and oxygen atoms in total. The van der Waals surface area contributed by atoms with E-state index in [4.69, 9.17) is 4.74 Å². The molecule has 2 aliphatic heterocycles. The molecule has 1 aromatic rings. The van der Waals surface area contributed by atoms with Crippen LogP contribution in [0.1, 0.15) is 36.7 Å². The van der Waals surface area contributed by atoms with Gasteiger partial charge in [0.2, 0.25) is 5.91 Å². The quantitative estimate of drug-likeness (QED) is 0.801. The molecule has 2 aliphatic rings. The smallest absolute Gasteiger partial charge is 0.222 e. The number of hydrogen-bond donors (Lipinski definition) is 2. The molecule has 2 fully saturated rings. The lowest BCUT2D eigenvalue weighted by atomic mass is 10.0. The van der Waals surface area contributed by atoms with Crippen LogP contribution in [0.5, 0.6) is 0 Å². The summed E-state index contributed by atoms with van der Waals surface area (Å²) in [4.78, 5) is 15.5. The van der Waals surface area contributed by atoms with Gasteiger partial charge in [0.25, 0.3) is 0 Å². The molecule has 0 aliphatic carbocycles. The first kappa shape index (κ1) is 19.7. The zero-order valence-corrected chi connectivity index (χ0v) is 15.5. The molecule has 24 heavy (non-hydrogen) atoms. The Bertz CT molecular complexity index is 494. The summed E-state index contributed by atoms with van der Waals surface area (Å²) < 4.78 is 5.55. The number of aliphatic hydroxyl groups is 1. The second-order valence-corrected chi connectivity index (χ2v) is 7.46. The molecule has 0 spiro atoms. The molecule has 136 valence electrons. The van der Waals surface area contributed by atoms with E-state index in [0.717, 1.165) is 24.4 Å². The molecular formula is C17H27ClN2O3S. The number of nitrogens with one attached hydrogen (secondary N) is 1. The number of hydrogen-bond acceptors (Lipinski definition) is 5. The van der Waals surface area contributed by atoms with Gasteiger partial charge in [-0.3, -0.25) is 4.79 Å². The van der Waals surface area contributed by atoms with Crippen molar-refractivity contribution in [2.24, 2.45) is 5.92 Å². The highest BCUT2D eigenvalue weighted by atomic mass is 35.5. The first-order valence-electron chi connectivity index (χ1n) is 8.53. The standard InChI is InChI=1S/C17H26N2O3S.ClH/c20-15(16-2-1-9-23-16)10-14-12-22-8-7-19(14)17(21)4-3-13-5-6-18-11-13;/h1-2,9,13-15,18,20H,3-8,10-12H2;1H. The Labute approximate surface area is 153 Å². The zero-order chi connectivity index (χ0) is 16.1. The van der Waals surface area contributed by atoms with Crippen LogP contribution >= 0.6 is 23.7 Å². The Kier molecular flexibility index (Phi) is 7.97. The predicted molar refractivity (Wildman–Crippen MR) is 97.7 cm³/mol. The molecule has 1 aromatic heterocycles. The maximum absolute atomic E-state index is 12.6. The van der Waals surface area contributed by atoms with E-state index in [0.29, 0.717) is 38.5 Å². The Morgan fingerprint density at radius 1 is 1.54 bits per heavy atom. The van der Waals surface area contributed by atoms with Crippen molar-refractivity contribution in [3.05, 3.63) is 22.4 Å². The van der Waals surface area contributed by atoms with E-state index >= 15 is 0 Å². The molecule has 0 aromatic carbocycles. The van der Waals surface area contributed by atoms with Crippen LogP contribution in [0.15, 0.2) is 17.5 Å². The van der Waals surface area contributed by atoms with Gasteiger partial charge >= 0.3 is 0 Å². The van der Waals surface area contributed by atoms with Gasteiger partial charge in [-0.05, 0) is 43.3 Å². The number of ether oxygens (including phenoxy) is 1. The summed E-state index contributed by atoms with van der Waals surface area (Å²) in [5.74, 6) is 0.846. The molecule has 0 saturated carbocycles. The van der Waals surface area contributed by atoms with Gasteiger partial charge in [-0.25, -0.2) is 0 Å². The van der Waals surface area contributed by atoms with Gasteiger partial charge in [-0.15, -0.1) is 23.7 Å². The van der Waals surface area contributed by atoms with E-state index in [1.54, 1.807) is 11.3 Å². The maximum atomic E-state index is 12.6. The van der Waals surface area contributed by atoms with E-state index in [9.17, 15) is 9.90 Å². The van der Waals surface area contributed by atoms with Crippen molar-refractivity contribution < 1.29 is 14.6 Å². The molecule has 2 saturated heterocycles. The lowest BCUT2D eigenvalue weighted by Crippen LogP contribution is -2.49. The van der Waals surface area contributed by atoms with Crippen molar-refractivity contribution in [1.29, 1.82) is 0 Å². The second-order valence-electron chi connectivity index (χ2n) is 6.48. The average molecular weight is 375 g/mol. The first-order valence-corrected chi connectivity index (χ1v) is 9.41. The Morgan fingerprint density at radius 2 is 2.42 bits per heavy atom. The lowest BCUT2D eigenvalue weighted by molar-refractivity contribution is -0.141. The van der Waals surface area contributed by atoms with Crippen molar-refractivity contribution in [1.82, 2.24) is 10.2 Å².